The number of amides is 2. The zero-order chi connectivity index (χ0) is 31.5. The Hall–Kier alpha value is -3.39. The maximum absolute atomic E-state index is 11.9. The van der Waals surface area contributed by atoms with Gasteiger partial charge in [-0.3, -0.25) is 9.59 Å². The van der Waals surface area contributed by atoms with Crippen molar-refractivity contribution in [3.05, 3.63) is 71.8 Å². The summed E-state index contributed by atoms with van der Waals surface area (Å²) in [5, 5.41) is 3.35. The SMILES string of the molecule is COC(=O)CBr.COC(=O)CN[C@@H]1CCN(C(=O)OCc2ccccc2)C1.Cl.N[C@@H]1CCN(C(=O)OCc2ccccc2)C1. The number of carbonyl (C=O) groups excluding carboxylic acids is 4. The number of benzene rings is 2. The summed E-state index contributed by atoms with van der Waals surface area (Å²) in [5.41, 5.74) is 7.68. The molecule has 4 rings (SSSR count). The van der Waals surface area contributed by atoms with E-state index in [1.54, 1.807) is 9.80 Å². The van der Waals surface area contributed by atoms with Gasteiger partial charge in [0, 0.05) is 38.3 Å². The van der Waals surface area contributed by atoms with Crippen LogP contribution in [0.4, 0.5) is 9.59 Å². The Kier molecular flexibility index (Phi) is 19.5. The molecule has 2 aromatic rings. The highest BCUT2D eigenvalue weighted by molar-refractivity contribution is 9.09. The van der Waals surface area contributed by atoms with E-state index in [0.29, 0.717) is 32.8 Å². The topological polar surface area (TPSA) is 150 Å². The Morgan fingerprint density at radius 3 is 1.68 bits per heavy atom. The van der Waals surface area contributed by atoms with E-state index >= 15 is 0 Å². The molecule has 2 aromatic carbocycles. The van der Waals surface area contributed by atoms with Crippen molar-refractivity contribution in [2.45, 2.75) is 38.1 Å². The molecule has 3 N–H and O–H groups in total. The number of nitrogens with two attached hydrogens (primary N) is 1. The molecule has 0 bridgehead atoms. The van der Waals surface area contributed by atoms with Gasteiger partial charge in [0.1, 0.15) is 18.5 Å². The fraction of sp³-hybridized carbons (Fsp3) is 0.467. The van der Waals surface area contributed by atoms with E-state index in [4.69, 9.17) is 15.2 Å². The quantitative estimate of drug-likeness (QED) is 0.238. The molecule has 0 aromatic heterocycles. The second-order valence-electron chi connectivity index (χ2n) is 9.67. The molecule has 12 nitrogen and oxygen atoms in total. The molecule has 0 radical (unpaired) electrons. The summed E-state index contributed by atoms with van der Waals surface area (Å²) in [7, 11) is 2.70. The van der Waals surface area contributed by atoms with Crippen LogP contribution in [0.1, 0.15) is 24.0 Å². The summed E-state index contributed by atoms with van der Waals surface area (Å²) < 4.78 is 19.2. The fourth-order valence-electron chi connectivity index (χ4n) is 4.02. The van der Waals surface area contributed by atoms with Crippen LogP contribution in [0.3, 0.4) is 0 Å². The van der Waals surface area contributed by atoms with Crippen molar-refractivity contribution in [1.29, 1.82) is 0 Å². The molecule has 0 spiro atoms. The Morgan fingerprint density at radius 2 is 1.27 bits per heavy atom. The van der Waals surface area contributed by atoms with Gasteiger partial charge < -0.3 is 39.8 Å². The molecular weight excluding hydrogens is 660 g/mol. The lowest BCUT2D eigenvalue weighted by Crippen LogP contribution is -2.38. The zero-order valence-corrected chi connectivity index (χ0v) is 27.4. The van der Waals surface area contributed by atoms with Crippen molar-refractivity contribution in [1.82, 2.24) is 15.1 Å². The number of likely N-dealkylation sites (tertiary alicyclic amines) is 2. The standard InChI is InChI=1S/C15H20N2O4.C12H16N2O2.C3H5BrO2.ClH/c1-20-14(18)9-16-13-7-8-17(10-13)15(19)21-11-12-5-3-2-4-6-12;13-11-6-7-14(8-11)12(15)16-9-10-4-2-1-3-5-10;1-6-3(5)2-4;/h2-6,13,16H,7-11H2,1H3;1-5,11H,6-9,13H2;2H2,1H3;1H/t13-;11-;;/m11../s1. The van der Waals surface area contributed by atoms with Gasteiger partial charge in [-0.2, -0.15) is 0 Å². The van der Waals surface area contributed by atoms with Crippen LogP contribution in [-0.4, -0.2) is 98.3 Å². The van der Waals surface area contributed by atoms with Crippen LogP contribution in [0, 0.1) is 0 Å². The first-order valence-corrected chi connectivity index (χ1v) is 15.0. The van der Waals surface area contributed by atoms with Gasteiger partial charge in [0.05, 0.1) is 20.8 Å². The minimum Gasteiger partial charge on any atom is -0.468 e. The number of hydrogen-bond donors (Lipinski definition) is 2. The maximum atomic E-state index is 11.9. The first-order chi connectivity index (χ1) is 20.7. The summed E-state index contributed by atoms with van der Waals surface area (Å²) in [6.45, 7) is 3.25. The van der Waals surface area contributed by atoms with E-state index in [2.05, 4.69) is 30.7 Å². The first kappa shape index (κ1) is 38.6. The summed E-state index contributed by atoms with van der Waals surface area (Å²) in [6, 6.07) is 19.4. The van der Waals surface area contributed by atoms with Crippen LogP contribution < -0.4 is 11.1 Å². The Morgan fingerprint density at radius 1 is 0.795 bits per heavy atom. The van der Waals surface area contributed by atoms with Crippen LogP contribution in [0.15, 0.2) is 60.7 Å². The minimum absolute atomic E-state index is 0. The van der Waals surface area contributed by atoms with Crippen molar-refractivity contribution >= 4 is 52.5 Å². The zero-order valence-electron chi connectivity index (χ0n) is 25.0. The number of nitrogens with one attached hydrogen (secondary N) is 1. The second-order valence-corrected chi connectivity index (χ2v) is 10.2. The van der Waals surface area contributed by atoms with Crippen molar-refractivity contribution in [3.63, 3.8) is 0 Å². The van der Waals surface area contributed by atoms with Crippen molar-refractivity contribution in [3.8, 4) is 0 Å². The molecular formula is C30H42BrClN4O8. The average Bonchev–Trinajstić information content (AvgIpc) is 3.72. The lowest BCUT2D eigenvalue weighted by molar-refractivity contribution is -0.139. The van der Waals surface area contributed by atoms with Gasteiger partial charge in [0.25, 0.3) is 0 Å². The highest BCUT2D eigenvalue weighted by Crippen LogP contribution is 2.12. The molecule has 2 atom stereocenters. The molecule has 244 valence electrons. The molecule has 44 heavy (non-hydrogen) atoms. The van der Waals surface area contributed by atoms with Crippen LogP contribution in [0.5, 0.6) is 0 Å². The largest absolute Gasteiger partial charge is 0.468 e. The molecule has 2 saturated heterocycles. The Labute approximate surface area is 273 Å². The Bertz CT molecular complexity index is 1130. The van der Waals surface area contributed by atoms with E-state index < -0.39 is 0 Å². The number of esters is 2. The predicted molar refractivity (Wildman–Crippen MR) is 170 cm³/mol. The van der Waals surface area contributed by atoms with Crippen molar-refractivity contribution < 1.29 is 38.1 Å². The number of halogens is 2. The van der Waals surface area contributed by atoms with E-state index in [-0.39, 0.29) is 67.1 Å². The molecule has 2 aliphatic rings. The molecule has 2 fully saturated rings. The number of alkyl halides is 1. The summed E-state index contributed by atoms with van der Waals surface area (Å²) in [5.74, 6) is -0.546. The van der Waals surface area contributed by atoms with Gasteiger partial charge in [0.15, 0.2) is 0 Å². The maximum Gasteiger partial charge on any atom is 0.410 e. The number of rotatable bonds is 8. The second kappa shape index (κ2) is 22.2. The predicted octanol–water partition coefficient (Wildman–Crippen LogP) is 3.49. The van der Waals surface area contributed by atoms with Gasteiger partial charge in [-0.15, -0.1) is 12.4 Å². The van der Waals surface area contributed by atoms with E-state index in [0.717, 1.165) is 24.0 Å². The monoisotopic (exact) mass is 700 g/mol. The summed E-state index contributed by atoms with van der Waals surface area (Å²) in [6.07, 6.45) is 1.08. The highest BCUT2D eigenvalue weighted by atomic mass is 79.9. The molecule has 0 saturated carbocycles. The fourth-order valence-corrected chi connectivity index (χ4v) is 4.25. The Balaban J connectivity index is 0.000000373. The minimum atomic E-state index is -0.318. The number of ether oxygens (including phenoxy) is 4. The molecule has 2 heterocycles. The van der Waals surface area contributed by atoms with Crippen LogP contribution in [0.2, 0.25) is 0 Å². The lowest BCUT2D eigenvalue weighted by Gasteiger charge is -2.16. The van der Waals surface area contributed by atoms with Crippen LogP contribution >= 0.6 is 28.3 Å². The van der Waals surface area contributed by atoms with Gasteiger partial charge in [-0.1, -0.05) is 76.6 Å². The van der Waals surface area contributed by atoms with Crippen LogP contribution in [-0.2, 0) is 41.8 Å². The van der Waals surface area contributed by atoms with E-state index in [9.17, 15) is 19.2 Å². The molecule has 2 aliphatic heterocycles. The van der Waals surface area contributed by atoms with Crippen molar-refractivity contribution in [2.24, 2.45) is 5.73 Å². The van der Waals surface area contributed by atoms with Gasteiger partial charge >= 0.3 is 24.1 Å². The molecule has 0 unspecified atom stereocenters. The smallest absolute Gasteiger partial charge is 0.410 e. The van der Waals surface area contributed by atoms with E-state index in [1.807, 2.05) is 60.7 Å². The third kappa shape index (κ3) is 15.4. The highest BCUT2D eigenvalue weighted by Gasteiger charge is 2.27. The summed E-state index contributed by atoms with van der Waals surface area (Å²) in [4.78, 5) is 47.8. The first-order valence-electron chi connectivity index (χ1n) is 13.9. The van der Waals surface area contributed by atoms with Crippen molar-refractivity contribution in [2.75, 3.05) is 52.3 Å². The molecule has 0 aliphatic carbocycles. The average molecular weight is 702 g/mol. The van der Waals surface area contributed by atoms with Crippen LogP contribution in [0.25, 0.3) is 0 Å². The van der Waals surface area contributed by atoms with Gasteiger partial charge in [0.2, 0.25) is 0 Å². The lowest BCUT2D eigenvalue weighted by atomic mass is 10.2. The molecule has 14 heteroatoms. The molecule has 2 amide bonds. The number of carbonyl (C=O) groups is 4. The third-order valence-electron chi connectivity index (χ3n) is 6.44. The normalized spacial score (nSPS) is 16.6. The summed E-state index contributed by atoms with van der Waals surface area (Å²) >= 11 is 2.90. The number of methoxy groups -OCH3 is 2. The number of nitrogens with zero attached hydrogens (tertiary/aromatic N) is 2. The van der Waals surface area contributed by atoms with Gasteiger partial charge in [-0.25, -0.2) is 9.59 Å². The third-order valence-corrected chi connectivity index (χ3v) is 6.90. The van der Waals surface area contributed by atoms with E-state index in [1.165, 1.54) is 14.2 Å². The van der Waals surface area contributed by atoms with Gasteiger partial charge in [-0.05, 0) is 24.0 Å². The number of hydrogen-bond acceptors (Lipinski definition) is 10.